The van der Waals surface area contributed by atoms with Gasteiger partial charge < -0.3 is 10.1 Å². The molecule has 0 fully saturated rings. The molecule has 0 aromatic heterocycles. The van der Waals surface area contributed by atoms with Crippen molar-refractivity contribution >= 4 is 40.9 Å². The van der Waals surface area contributed by atoms with Crippen LogP contribution in [0.2, 0.25) is 0 Å². The molecule has 7 heteroatoms. The number of hydrogen-bond donors (Lipinski definition) is 2. The highest BCUT2D eigenvalue weighted by molar-refractivity contribution is 7.99. The zero-order valence-electron chi connectivity index (χ0n) is 14.2. The van der Waals surface area contributed by atoms with Gasteiger partial charge in [0.1, 0.15) is 6.61 Å². The number of carbonyl (C=O) groups is 3. The molecule has 6 nitrogen and oxygen atoms in total. The number of ketones is 1. The lowest BCUT2D eigenvalue weighted by atomic mass is 10.0. The Morgan fingerprint density at radius 3 is 2.54 bits per heavy atom. The first kappa shape index (κ1) is 18.0. The number of carbonyl (C=O) groups excluding carboxylic acids is 3. The second-order valence-corrected chi connectivity index (χ2v) is 6.86. The van der Waals surface area contributed by atoms with Gasteiger partial charge in [-0.2, -0.15) is 0 Å². The highest BCUT2D eigenvalue weighted by atomic mass is 32.2. The first-order valence-electron chi connectivity index (χ1n) is 8.13. The van der Waals surface area contributed by atoms with Gasteiger partial charge in [-0.25, -0.2) is 4.79 Å². The maximum atomic E-state index is 12.4. The lowest BCUT2D eigenvalue weighted by Gasteiger charge is -2.21. The first-order chi connectivity index (χ1) is 12.5. The van der Waals surface area contributed by atoms with Crippen LogP contribution in [0.3, 0.4) is 0 Å². The Morgan fingerprint density at radius 2 is 1.81 bits per heavy atom. The van der Waals surface area contributed by atoms with Crippen LogP contribution < -0.4 is 10.6 Å². The van der Waals surface area contributed by atoms with Crippen LogP contribution in [-0.2, 0) is 16.1 Å². The SMILES string of the molecule is CC(=O)Nc1ccc(NC(=O)OCc2ccccc2)c2c1SCCC2=O. The summed E-state index contributed by atoms with van der Waals surface area (Å²) in [5.41, 5.74) is 2.26. The molecule has 0 spiro atoms. The molecule has 2 N–H and O–H groups in total. The number of nitrogens with one attached hydrogen (secondary N) is 2. The minimum atomic E-state index is -0.633. The molecule has 26 heavy (non-hydrogen) atoms. The van der Waals surface area contributed by atoms with Gasteiger partial charge in [0.25, 0.3) is 0 Å². The molecule has 0 radical (unpaired) electrons. The molecule has 2 aromatic carbocycles. The Hall–Kier alpha value is -2.80. The minimum absolute atomic E-state index is 0.0655. The van der Waals surface area contributed by atoms with Crippen molar-refractivity contribution in [2.75, 3.05) is 16.4 Å². The predicted molar refractivity (Wildman–Crippen MR) is 101 cm³/mol. The third-order valence-electron chi connectivity index (χ3n) is 3.77. The maximum absolute atomic E-state index is 12.4. The molecule has 134 valence electrons. The van der Waals surface area contributed by atoms with Crippen molar-refractivity contribution < 1.29 is 19.1 Å². The Labute approximate surface area is 155 Å². The lowest BCUT2D eigenvalue weighted by molar-refractivity contribution is -0.114. The van der Waals surface area contributed by atoms with E-state index in [0.29, 0.717) is 34.0 Å². The topological polar surface area (TPSA) is 84.5 Å². The van der Waals surface area contributed by atoms with Crippen LogP contribution in [-0.4, -0.2) is 23.5 Å². The predicted octanol–water partition coefficient (Wildman–Crippen LogP) is 4.07. The maximum Gasteiger partial charge on any atom is 0.411 e. The summed E-state index contributed by atoms with van der Waals surface area (Å²) in [6, 6.07) is 12.6. The Kier molecular flexibility index (Phi) is 5.58. The smallest absolute Gasteiger partial charge is 0.411 e. The zero-order valence-corrected chi connectivity index (χ0v) is 15.0. The van der Waals surface area contributed by atoms with E-state index in [1.807, 2.05) is 30.3 Å². The number of fused-ring (bicyclic) bond motifs is 1. The monoisotopic (exact) mass is 370 g/mol. The molecule has 0 aliphatic carbocycles. The standard InChI is InChI=1S/C19H18N2O4S/c1-12(22)20-15-8-7-14(17-16(23)9-10-26-18(15)17)21-19(24)25-11-13-5-3-2-4-6-13/h2-8H,9-11H2,1H3,(H,20,22)(H,21,24). The zero-order chi connectivity index (χ0) is 18.5. The summed E-state index contributed by atoms with van der Waals surface area (Å²) in [7, 11) is 0. The van der Waals surface area contributed by atoms with Gasteiger partial charge in [0.05, 0.1) is 16.9 Å². The summed E-state index contributed by atoms with van der Waals surface area (Å²) in [5.74, 6) is 0.360. The number of ether oxygens (including phenoxy) is 1. The third-order valence-corrected chi connectivity index (χ3v) is 4.89. The molecule has 0 atom stereocenters. The average molecular weight is 370 g/mol. The number of Topliss-reactive ketones (excluding diaryl/α,β-unsaturated/α-hetero) is 1. The summed E-state index contributed by atoms with van der Waals surface area (Å²) in [6.45, 7) is 1.55. The summed E-state index contributed by atoms with van der Waals surface area (Å²) in [5, 5.41) is 5.37. The summed E-state index contributed by atoms with van der Waals surface area (Å²) < 4.78 is 5.22. The molecule has 3 rings (SSSR count). The second-order valence-electron chi connectivity index (χ2n) is 5.75. The van der Waals surface area contributed by atoms with Crippen molar-refractivity contribution in [3.05, 3.63) is 53.6 Å². The van der Waals surface area contributed by atoms with Gasteiger partial charge in [0.15, 0.2) is 5.78 Å². The molecule has 0 saturated carbocycles. The van der Waals surface area contributed by atoms with Gasteiger partial charge in [-0.15, -0.1) is 11.8 Å². The van der Waals surface area contributed by atoms with Gasteiger partial charge in [0, 0.05) is 24.0 Å². The molecular formula is C19H18N2O4S. The van der Waals surface area contributed by atoms with E-state index in [1.165, 1.54) is 18.7 Å². The Balaban J connectivity index is 1.78. The molecule has 1 heterocycles. The van der Waals surface area contributed by atoms with Crippen LogP contribution in [0.1, 0.15) is 29.3 Å². The molecule has 2 amide bonds. The highest BCUT2D eigenvalue weighted by Crippen LogP contribution is 2.40. The first-order valence-corrected chi connectivity index (χ1v) is 9.11. The van der Waals surface area contributed by atoms with Gasteiger partial charge in [0.2, 0.25) is 5.91 Å². The fourth-order valence-electron chi connectivity index (χ4n) is 2.64. The van der Waals surface area contributed by atoms with Crippen molar-refractivity contribution in [3.8, 4) is 0 Å². The van der Waals surface area contributed by atoms with E-state index in [9.17, 15) is 14.4 Å². The van der Waals surface area contributed by atoms with Crippen molar-refractivity contribution in [2.45, 2.75) is 24.8 Å². The van der Waals surface area contributed by atoms with Gasteiger partial charge in [-0.1, -0.05) is 30.3 Å². The van der Waals surface area contributed by atoms with Crippen LogP contribution in [0.4, 0.5) is 16.2 Å². The van der Waals surface area contributed by atoms with E-state index in [2.05, 4.69) is 10.6 Å². The van der Waals surface area contributed by atoms with Crippen LogP contribution in [0, 0.1) is 0 Å². The van der Waals surface area contributed by atoms with Crippen molar-refractivity contribution in [1.82, 2.24) is 0 Å². The number of benzene rings is 2. The molecular weight excluding hydrogens is 352 g/mol. The second kappa shape index (κ2) is 8.05. The molecule has 1 aliphatic rings. The van der Waals surface area contributed by atoms with E-state index < -0.39 is 6.09 Å². The largest absolute Gasteiger partial charge is 0.444 e. The van der Waals surface area contributed by atoms with E-state index in [0.717, 1.165) is 5.56 Å². The number of thioether (sulfide) groups is 1. The van der Waals surface area contributed by atoms with E-state index in [1.54, 1.807) is 12.1 Å². The molecule has 0 unspecified atom stereocenters. The van der Waals surface area contributed by atoms with Crippen molar-refractivity contribution in [3.63, 3.8) is 0 Å². The van der Waals surface area contributed by atoms with E-state index in [-0.39, 0.29) is 18.3 Å². The van der Waals surface area contributed by atoms with Gasteiger partial charge in [-0.3, -0.25) is 14.9 Å². The molecule has 0 saturated heterocycles. The quantitative estimate of drug-likeness (QED) is 0.847. The van der Waals surface area contributed by atoms with E-state index in [4.69, 9.17) is 4.74 Å². The van der Waals surface area contributed by atoms with Crippen LogP contribution in [0.25, 0.3) is 0 Å². The summed E-state index contributed by atoms with van der Waals surface area (Å²) in [6.07, 6.45) is -0.249. The molecule has 0 bridgehead atoms. The van der Waals surface area contributed by atoms with Gasteiger partial charge >= 0.3 is 6.09 Å². The minimum Gasteiger partial charge on any atom is -0.444 e. The van der Waals surface area contributed by atoms with Crippen LogP contribution in [0.15, 0.2) is 47.4 Å². The number of anilines is 2. The fourth-order valence-corrected chi connectivity index (χ4v) is 3.78. The number of rotatable bonds is 4. The Bertz CT molecular complexity index is 852. The Morgan fingerprint density at radius 1 is 1.08 bits per heavy atom. The fraction of sp³-hybridized carbons (Fsp3) is 0.211. The molecule has 1 aliphatic heterocycles. The van der Waals surface area contributed by atoms with Crippen LogP contribution in [0.5, 0.6) is 0 Å². The summed E-state index contributed by atoms with van der Waals surface area (Å²) >= 11 is 1.48. The van der Waals surface area contributed by atoms with Crippen molar-refractivity contribution in [1.29, 1.82) is 0 Å². The number of amides is 2. The van der Waals surface area contributed by atoms with Gasteiger partial charge in [-0.05, 0) is 17.7 Å². The molecule has 2 aromatic rings. The lowest BCUT2D eigenvalue weighted by Crippen LogP contribution is -2.19. The third kappa shape index (κ3) is 4.23. The van der Waals surface area contributed by atoms with E-state index >= 15 is 0 Å². The summed E-state index contributed by atoms with van der Waals surface area (Å²) in [4.78, 5) is 36.6. The van der Waals surface area contributed by atoms with Crippen LogP contribution >= 0.6 is 11.8 Å². The highest BCUT2D eigenvalue weighted by Gasteiger charge is 2.25. The average Bonchev–Trinajstić information content (AvgIpc) is 2.62. The van der Waals surface area contributed by atoms with Crippen molar-refractivity contribution in [2.24, 2.45) is 0 Å². The number of hydrogen-bond acceptors (Lipinski definition) is 5. The normalized spacial score (nSPS) is 12.9.